The van der Waals surface area contributed by atoms with Crippen molar-refractivity contribution >= 4 is 59.6 Å². The molecule has 9 rings (SSSR count). The highest BCUT2D eigenvalue weighted by Crippen LogP contribution is 2.37. The van der Waals surface area contributed by atoms with E-state index in [4.69, 9.17) is 0 Å². The first kappa shape index (κ1) is 23.9. The molecule has 0 aliphatic carbocycles. The molecular formula is C40H23NO2. The first-order valence-corrected chi connectivity index (χ1v) is 14.4. The highest BCUT2D eigenvalue weighted by molar-refractivity contribution is 6.13. The molecule has 0 unspecified atom stereocenters. The summed E-state index contributed by atoms with van der Waals surface area (Å²) >= 11 is 0. The molecule has 0 bridgehead atoms. The average Bonchev–Trinajstić information content (AvgIpc) is 3.07. The molecule has 0 spiro atoms. The number of nitrogens with zero attached hydrogens (tertiary/aromatic N) is 1. The van der Waals surface area contributed by atoms with E-state index in [1.165, 1.54) is 0 Å². The minimum atomic E-state index is -0.0654. The van der Waals surface area contributed by atoms with Crippen LogP contribution in [0.3, 0.4) is 0 Å². The summed E-state index contributed by atoms with van der Waals surface area (Å²) in [5.41, 5.74) is 6.11. The molecule has 3 heteroatoms. The summed E-state index contributed by atoms with van der Waals surface area (Å²) in [6.07, 6.45) is 0. The predicted octanol–water partition coefficient (Wildman–Crippen LogP) is 9.20. The second-order valence-corrected chi connectivity index (χ2v) is 11.3. The molecule has 2 heterocycles. The monoisotopic (exact) mass is 549 g/mol. The van der Waals surface area contributed by atoms with Gasteiger partial charge in [-0.2, -0.15) is 0 Å². The molecule has 0 aliphatic rings. The summed E-state index contributed by atoms with van der Waals surface area (Å²) in [5, 5.41) is 6.48. The van der Waals surface area contributed by atoms with Crippen LogP contribution in [0.15, 0.2) is 149 Å². The largest absolute Gasteiger partial charge is 0.307 e. The Kier molecular flexibility index (Phi) is 4.91. The van der Waals surface area contributed by atoms with Crippen LogP contribution in [0.2, 0.25) is 0 Å². The van der Waals surface area contributed by atoms with Gasteiger partial charge in [0.2, 0.25) is 0 Å². The van der Waals surface area contributed by atoms with Crippen molar-refractivity contribution in [3.8, 4) is 22.3 Å². The van der Waals surface area contributed by atoms with Crippen LogP contribution in [0.4, 0.5) is 0 Å². The molecule has 0 atom stereocenters. The van der Waals surface area contributed by atoms with Crippen LogP contribution < -0.4 is 10.9 Å². The second kappa shape index (κ2) is 8.85. The summed E-state index contributed by atoms with van der Waals surface area (Å²) in [7, 11) is 0. The SMILES string of the molecule is O=c1c2cc3ccccc3cc2n2c3cc4ccccc4cc3c(=O)c3cc(-c4ccccc4-c4ccccc4)cc1c32. The molecule has 0 N–H and O–H groups in total. The predicted molar refractivity (Wildman–Crippen MR) is 180 cm³/mol. The van der Waals surface area contributed by atoms with Crippen LogP contribution in [-0.4, -0.2) is 4.40 Å². The Bertz CT molecular complexity index is 2560. The maximum Gasteiger partial charge on any atom is 0.197 e. The number of benzene rings is 7. The Morgan fingerprint density at radius 1 is 0.372 bits per heavy atom. The quantitative estimate of drug-likeness (QED) is 0.159. The third-order valence-corrected chi connectivity index (χ3v) is 8.84. The van der Waals surface area contributed by atoms with Crippen molar-refractivity contribution in [1.82, 2.24) is 4.40 Å². The van der Waals surface area contributed by atoms with Gasteiger partial charge in [-0.3, -0.25) is 9.59 Å². The lowest BCUT2D eigenvalue weighted by Crippen LogP contribution is -2.14. The van der Waals surface area contributed by atoms with Gasteiger partial charge in [-0.05, 0) is 80.2 Å². The fourth-order valence-corrected chi connectivity index (χ4v) is 6.83. The lowest BCUT2D eigenvalue weighted by molar-refractivity contribution is 1.32. The zero-order chi connectivity index (χ0) is 28.7. The Labute approximate surface area is 245 Å². The minimum Gasteiger partial charge on any atom is -0.307 e. The van der Waals surface area contributed by atoms with Crippen molar-refractivity contribution in [3.05, 3.63) is 160 Å². The van der Waals surface area contributed by atoms with Crippen LogP contribution >= 0.6 is 0 Å². The third-order valence-electron chi connectivity index (χ3n) is 8.84. The van der Waals surface area contributed by atoms with Gasteiger partial charge in [0.25, 0.3) is 0 Å². The fraction of sp³-hybridized carbons (Fsp3) is 0. The fourth-order valence-electron chi connectivity index (χ4n) is 6.83. The molecule has 0 saturated heterocycles. The molecule has 7 aromatic carbocycles. The summed E-state index contributed by atoms with van der Waals surface area (Å²) in [6, 6.07) is 46.8. The Morgan fingerprint density at radius 2 is 0.791 bits per heavy atom. The zero-order valence-electron chi connectivity index (χ0n) is 23.0. The van der Waals surface area contributed by atoms with Crippen LogP contribution in [0, 0.1) is 0 Å². The maximum atomic E-state index is 14.4. The average molecular weight is 550 g/mol. The highest BCUT2D eigenvalue weighted by atomic mass is 16.1. The zero-order valence-corrected chi connectivity index (χ0v) is 23.0. The van der Waals surface area contributed by atoms with E-state index in [1.807, 2.05) is 91.0 Å². The van der Waals surface area contributed by atoms with Crippen molar-refractivity contribution in [2.45, 2.75) is 0 Å². The molecule has 0 radical (unpaired) electrons. The van der Waals surface area contributed by atoms with Gasteiger partial charge in [0, 0.05) is 21.5 Å². The summed E-state index contributed by atoms with van der Waals surface area (Å²) in [4.78, 5) is 28.8. The standard InChI is InChI=1S/C40H23NO2/c42-39-32-18-25-12-4-6-14-27(25)22-36(32)41-37-23-28-15-7-5-13-26(28)19-33(37)40(43)35-21-29(20-34(39)38(35)41)31-17-9-8-16-30(31)24-10-2-1-3-11-24/h1-23H. The smallest absolute Gasteiger partial charge is 0.197 e. The van der Waals surface area contributed by atoms with Crippen LogP contribution in [0.5, 0.6) is 0 Å². The molecule has 0 fully saturated rings. The van der Waals surface area contributed by atoms with Crippen molar-refractivity contribution in [2.75, 3.05) is 0 Å². The summed E-state index contributed by atoms with van der Waals surface area (Å²) < 4.78 is 2.14. The molecule has 2 aromatic heterocycles. The molecule has 9 aromatic rings. The van der Waals surface area contributed by atoms with E-state index in [1.54, 1.807) is 0 Å². The number of rotatable bonds is 2. The minimum absolute atomic E-state index is 0.0654. The van der Waals surface area contributed by atoms with Gasteiger partial charge in [0.05, 0.1) is 16.6 Å². The molecule has 43 heavy (non-hydrogen) atoms. The Morgan fingerprint density at radius 3 is 1.30 bits per heavy atom. The van der Waals surface area contributed by atoms with E-state index in [2.05, 4.69) is 52.9 Å². The molecule has 0 saturated carbocycles. The van der Waals surface area contributed by atoms with Gasteiger partial charge in [0.15, 0.2) is 10.9 Å². The van der Waals surface area contributed by atoms with Crippen molar-refractivity contribution in [1.29, 1.82) is 0 Å². The maximum absolute atomic E-state index is 14.4. The van der Waals surface area contributed by atoms with E-state index >= 15 is 0 Å². The van der Waals surface area contributed by atoms with Crippen molar-refractivity contribution < 1.29 is 0 Å². The second-order valence-electron chi connectivity index (χ2n) is 11.3. The van der Waals surface area contributed by atoms with Gasteiger partial charge >= 0.3 is 0 Å². The first-order valence-electron chi connectivity index (χ1n) is 14.4. The molecular weight excluding hydrogens is 526 g/mol. The normalized spacial score (nSPS) is 11.9. The van der Waals surface area contributed by atoms with Gasteiger partial charge in [0.1, 0.15) is 0 Å². The highest BCUT2D eigenvalue weighted by Gasteiger charge is 2.20. The first-order chi connectivity index (χ1) is 21.2. The van der Waals surface area contributed by atoms with Gasteiger partial charge in [-0.15, -0.1) is 0 Å². The summed E-state index contributed by atoms with van der Waals surface area (Å²) in [5.74, 6) is 0. The van der Waals surface area contributed by atoms with E-state index in [-0.39, 0.29) is 10.9 Å². The van der Waals surface area contributed by atoms with E-state index in [0.29, 0.717) is 27.1 Å². The molecule has 3 nitrogen and oxygen atoms in total. The van der Waals surface area contributed by atoms with Crippen LogP contribution in [-0.2, 0) is 0 Å². The Balaban J connectivity index is 1.52. The van der Waals surface area contributed by atoms with Crippen LogP contribution in [0.25, 0.3) is 81.9 Å². The van der Waals surface area contributed by atoms with Gasteiger partial charge in [-0.1, -0.05) is 103 Å². The molecule has 200 valence electrons. The van der Waals surface area contributed by atoms with Gasteiger partial charge in [-0.25, -0.2) is 0 Å². The number of hydrogen-bond acceptors (Lipinski definition) is 2. The molecule has 0 aliphatic heterocycles. The number of hydrogen-bond donors (Lipinski definition) is 0. The number of pyridine rings is 2. The van der Waals surface area contributed by atoms with E-state index in [9.17, 15) is 9.59 Å². The van der Waals surface area contributed by atoms with Crippen molar-refractivity contribution in [2.24, 2.45) is 0 Å². The topological polar surface area (TPSA) is 38.5 Å². The number of fused-ring (bicyclic) bond motifs is 6. The molecule has 0 amide bonds. The lowest BCUT2D eigenvalue weighted by atomic mass is 9.91. The van der Waals surface area contributed by atoms with E-state index < -0.39 is 0 Å². The van der Waals surface area contributed by atoms with E-state index in [0.717, 1.165) is 54.8 Å². The third kappa shape index (κ3) is 3.42. The summed E-state index contributed by atoms with van der Waals surface area (Å²) in [6.45, 7) is 0. The Hall–Kier alpha value is -5.80. The van der Waals surface area contributed by atoms with Gasteiger partial charge < -0.3 is 4.40 Å². The van der Waals surface area contributed by atoms with Crippen LogP contribution in [0.1, 0.15) is 0 Å². The van der Waals surface area contributed by atoms with Crippen molar-refractivity contribution in [3.63, 3.8) is 0 Å². The number of aromatic nitrogens is 1. The lowest BCUT2D eigenvalue weighted by Gasteiger charge is -2.18.